The smallest absolute Gasteiger partial charge is 0.0627 e. The molecular weight excluding hydrogens is 945 g/mol. The maximum absolute atomic E-state index is 2.63. The molecule has 358 valence electrons. The molecule has 6 aromatic heterocycles. The molecule has 19 aromatic rings. The summed E-state index contributed by atoms with van der Waals surface area (Å²) in [6.07, 6.45) is 0. The van der Waals surface area contributed by atoms with Gasteiger partial charge < -0.3 is 17.9 Å². The lowest BCUT2D eigenvalue weighted by Crippen LogP contribution is -1.93. The average Bonchev–Trinajstić information content (AvgIpc) is 4.22. The van der Waals surface area contributed by atoms with Crippen LogP contribution in [0.3, 0.4) is 0 Å². The van der Waals surface area contributed by atoms with Crippen LogP contribution in [0.1, 0.15) is 0 Å². The number of fused-ring (bicyclic) bond motifs is 22. The van der Waals surface area contributed by atoms with Gasteiger partial charge in [0.2, 0.25) is 0 Å². The Morgan fingerprint density at radius 2 is 0.679 bits per heavy atom. The molecule has 4 nitrogen and oxygen atoms in total. The van der Waals surface area contributed by atoms with Crippen molar-refractivity contribution in [3.8, 4) is 33.6 Å². The van der Waals surface area contributed by atoms with Crippen molar-refractivity contribution < 1.29 is 0 Å². The number of para-hydroxylation sites is 6. The van der Waals surface area contributed by atoms with E-state index in [4.69, 9.17) is 0 Å². The molecular formula is C74H42N4. The predicted octanol–water partition coefficient (Wildman–Crippen LogP) is 19.8. The Kier molecular flexibility index (Phi) is 7.71. The first-order valence-electron chi connectivity index (χ1n) is 27.1. The molecule has 0 radical (unpaired) electrons. The first kappa shape index (κ1) is 40.9. The zero-order valence-corrected chi connectivity index (χ0v) is 42.0. The lowest BCUT2D eigenvalue weighted by Gasteiger charge is -2.13. The van der Waals surface area contributed by atoms with Gasteiger partial charge in [0.25, 0.3) is 0 Å². The summed E-state index contributed by atoms with van der Waals surface area (Å²) in [7, 11) is 0. The maximum atomic E-state index is 2.63. The van der Waals surface area contributed by atoms with E-state index in [0.29, 0.717) is 0 Å². The van der Waals surface area contributed by atoms with Crippen LogP contribution in [0, 0.1) is 0 Å². The highest BCUT2D eigenvalue weighted by Crippen LogP contribution is 2.52. The van der Waals surface area contributed by atoms with Crippen molar-refractivity contribution in [2.24, 2.45) is 0 Å². The van der Waals surface area contributed by atoms with Crippen molar-refractivity contribution in [2.45, 2.75) is 0 Å². The molecule has 0 N–H and O–H groups in total. The number of benzene rings is 13. The summed E-state index contributed by atoms with van der Waals surface area (Å²) in [4.78, 5) is 0. The van der Waals surface area contributed by atoms with Crippen molar-refractivity contribution in [3.63, 3.8) is 0 Å². The number of hydrogen-bond donors (Lipinski definition) is 0. The fourth-order valence-corrected chi connectivity index (χ4v) is 14.7. The number of nitrogens with zero attached hydrogens (tertiary/aromatic N) is 4. The fraction of sp³-hybridized carbons (Fsp3) is 0. The summed E-state index contributed by atoms with van der Waals surface area (Å²) in [6.45, 7) is 0. The van der Waals surface area contributed by atoms with Gasteiger partial charge in [0.1, 0.15) is 0 Å². The highest BCUT2D eigenvalue weighted by atomic mass is 15.0. The normalized spacial score (nSPS) is 12.6. The Morgan fingerprint density at radius 3 is 1.36 bits per heavy atom. The van der Waals surface area contributed by atoms with Gasteiger partial charge in [-0.3, -0.25) is 0 Å². The third-order valence-electron chi connectivity index (χ3n) is 17.7. The topological polar surface area (TPSA) is 18.7 Å². The van der Waals surface area contributed by atoms with Crippen LogP contribution in [-0.4, -0.2) is 17.9 Å². The third-order valence-corrected chi connectivity index (χ3v) is 17.7. The summed E-state index contributed by atoms with van der Waals surface area (Å²) >= 11 is 0. The fourth-order valence-electron chi connectivity index (χ4n) is 14.7. The molecule has 0 saturated carbocycles. The SMILES string of the molecule is c1ccc(-n2c3ccccc3c3cc(-c4c5ccccc5cc5c6cccc7c8c9c%10c%11ccccc%11cc%11c%12cccc(-c%13ccc%14c(c%13)c%13ccccc%13n%14-c%13ccccc%13)c%12n(c9ccc8n(c45)c67)c%11%10)ccc32)cc1. The van der Waals surface area contributed by atoms with Crippen LogP contribution in [0.2, 0.25) is 0 Å². The van der Waals surface area contributed by atoms with Crippen molar-refractivity contribution in [1.82, 2.24) is 17.9 Å². The van der Waals surface area contributed by atoms with Crippen LogP contribution in [-0.2, 0) is 0 Å². The quantitative estimate of drug-likeness (QED) is 0.167. The molecule has 6 heterocycles. The summed E-state index contributed by atoms with van der Waals surface area (Å²) in [6, 6.07) is 95.3. The Bertz CT molecular complexity index is 5790. The van der Waals surface area contributed by atoms with E-state index >= 15 is 0 Å². The van der Waals surface area contributed by atoms with Crippen molar-refractivity contribution in [1.29, 1.82) is 0 Å². The van der Waals surface area contributed by atoms with E-state index in [9.17, 15) is 0 Å². The molecule has 13 aromatic carbocycles. The molecule has 4 heteroatoms. The molecule has 0 saturated heterocycles. The lowest BCUT2D eigenvalue weighted by molar-refractivity contribution is 1.18. The average molecular weight is 987 g/mol. The third kappa shape index (κ3) is 5.06. The number of rotatable bonds is 4. The van der Waals surface area contributed by atoms with Crippen molar-refractivity contribution >= 4 is 141 Å². The first-order chi connectivity index (χ1) is 38.7. The predicted molar refractivity (Wildman–Crippen MR) is 330 cm³/mol. The summed E-state index contributed by atoms with van der Waals surface area (Å²) in [5.74, 6) is 0. The van der Waals surface area contributed by atoms with E-state index in [2.05, 4.69) is 273 Å². The van der Waals surface area contributed by atoms with Gasteiger partial charge in [0, 0.05) is 87.1 Å². The van der Waals surface area contributed by atoms with Crippen molar-refractivity contribution in [3.05, 3.63) is 255 Å². The molecule has 19 rings (SSSR count). The van der Waals surface area contributed by atoms with Crippen LogP contribution >= 0.6 is 0 Å². The molecule has 0 atom stereocenters. The Morgan fingerprint density at radius 1 is 0.218 bits per heavy atom. The molecule has 0 amide bonds. The maximum Gasteiger partial charge on any atom is 0.0627 e. The van der Waals surface area contributed by atoms with Gasteiger partial charge >= 0.3 is 0 Å². The van der Waals surface area contributed by atoms with E-state index in [1.54, 1.807) is 0 Å². The van der Waals surface area contributed by atoms with E-state index in [-0.39, 0.29) is 0 Å². The standard InChI is InChI=1S/C74H42N4/c1-3-19-47(20-4-1)75-61-31-13-11-25-52(61)57-39-45(33-35-63(57)75)51-27-15-28-54-60-41-44-18-8-10-24-50(44)69-70-66(78(71(51)54)74(60)69)38-37-65-68(70)56-30-16-29-55-59-40-43-17-7-9-23-49(43)67(73(59)77(65)72(55)56)46-34-36-64-58(42-46)53-26-12-14-32-62(53)76(64)48-21-5-2-6-22-48/h1-42H. The van der Waals surface area contributed by atoms with Gasteiger partial charge in [-0.1, -0.05) is 170 Å². The second-order valence-corrected chi connectivity index (χ2v) is 21.5. The van der Waals surface area contributed by atoms with Crippen LogP contribution in [0.25, 0.3) is 175 Å². The zero-order chi connectivity index (χ0) is 50.5. The Hall–Kier alpha value is -10.4. The highest BCUT2D eigenvalue weighted by molar-refractivity contribution is 6.40. The molecule has 0 fully saturated rings. The Balaban J connectivity index is 0.933. The molecule has 0 aliphatic heterocycles. The molecule has 78 heavy (non-hydrogen) atoms. The van der Waals surface area contributed by atoms with Gasteiger partial charge in [0.15, 0.2) is 0 Å². The van der Waals surface area contributed by atoms with E-state index in [1.165, 1.54) is 169 Å². The van der Waals surface area contributed by atoms with E-state index in [1.807, 2.05) is 0 Å². The molecule has 0 aliphatic rings. The van der Waals surface area contributed by atoms with Gasteiger partial charge in [0.05, 0.1) is 55.2 Å². The largest absolute Gasteiger partial charge is 0.309 e. The first-order valence-corrected chi connectivity index (χ1v) is 27.1. The molecule has 0 spiro atoms. The van der Waals surface area contributed by atoms with Gasteiger partial charge in [-0.15, -0.1) is 0 Å². The van der Waals surface area contributed by atoms with Crippen LogP contribution in [0.15, 0.2) is 255 Å². The zero-order valence-electron chi connectivity index (χ0n) is 42.0. The van der Waals surface area contributed by atoms with Gasteiger partial charge in [-0.25, -0.2) is 0 Å². The van der Waals surface area contributed by atoms with Crippen LogP contribution < -0.4 is 0 Å². The number of aromatic nitrogens is 4. The number of hydrogen-bond acceptors (Lipinski definition) is 0. The monoisotopic (exact) mass is 986 g/mol. The Labute approximate surface area is 445 Å². The minimum Gasteiger partial charge on any atom is -0.309 e. The molecule has 0 unspecified atom stereocenters. The minimum absolute atomic E-state index is 1.16. The van der Waals surface area contributed by atoms with Gasteiger partial charge in [-0.2, -0.15) is 0 Å². The molecule has 0 aliphatic carbocycles. The van der Waals surface area contributed by atoms with Crippen LogP contribution in [0.4, 0.5) is 0 Å². The van der Waals surface area contributed by atoms with Gasteiger partial charge in [-0.05, 0) is 118 Å². The molecule has 0 bridgehead atoms. The van der Waals surface area contributed by atoms with E-state index in [0.717, 1.165) is 5.69 Å². The summed E-state index contributed by atoms with van der Waals surface area (Å²) in [5, 5.41) is 20.3. The lowest BCUT2D eigenvalue weighted by atomic mass is 9.93. The van der Waals surface area contributed by atoms with E-state index < -0.39 is 0 Å². The summed E-state index contributed by atoms with van der Waals surface area (Å²) < 4.78 is 10.1. The van der Waals surface area contributed by atoms with Crippen LogP contribution in [0.5, 0.6) is 0 Å². The minimum atomic E-state index is 1.16. The van der Waals surface area contributed by atoms with Crippen molar-refractivity contribution in [2.75, 3.05) is 0 Å². The second kappa shape index (κ2) is 14.7. The highest BCUT2D eigenvalue weighted by Gasteiger charge is 2.28. The second-order valence-electron chi connectivity index (χ2n) is 21.5. The summed E-state index contributed by atoms with van der Waals surface area (Å²) in [5.41, 5.74) is 19.6.